The molecule has 0 heterocycles. The first-order chi connectivity index (χ1) is 36.1. The zero-order valence-corrected chi connectivity index (χ0v) is 49.2. The fraction of sp³-hybridized carbons (Fsp3) is 0.853. The molecule has 0 aromatic carbocycles. The Morgan fingerprint density at radius 3 is 0.890 bits per heavy atom. The van der Waals surface area contributed by atoms with Crippen LogP contribution in [0.15, 0.2) is 48.6 Å². The van der Waals surface area contributed by atoms with Gasteiger partial charge in [-0.15, -0.1) is 0 Å². The maximum absolute atomic E-state index is 12.3. The molecule has 0 aliphatic heterocycles. The third kappa shape index (κ3) is 62.3. The van der Waals surface area contributed by atoms with E-state index >= 15 is 0 Å². The highest BCUT2D eigenvalue weighted by molar-refractivity contribution is 5.70. The number of carbonyl (C=O) groups is 2. The predicted molar refractivity (Wildman–Crippen MR) is 321 cm³/mol. The molecular formula is C68H126O5. The van der Waals surface area contributed by atoms with Gasteiger partial charge in [-0.2, -0.15) is 0 Å². The molecule has 0 rings (SSSR count). The van der Waals surface area contributed by atoms with Crippen molar-refractivity contribution in [2.24, 2.45) is 0 Å². The number of unbranched alkanes of at least 4 members (excludes halogenated alkanes) is 45. The molecule has 5 nitrogen and oxygen atoms in total. The Bertz CT molecular complexity index is 1200. The van der Waals surface area contributed by atoms with Crippen molar-refractivity contribution in [1.29, 1.82) is 0 Å². The summed E-state index contributed by atoms with van der Waals surface area (Å²) in [5.74, 6) is -0.568. The fourth-order valence-corrected chi connectivity index (χ4v) is 10.0. The Kier molecular flexibility index (Phi) is 62.3. The average Bonchev–Trinajstić information content (AvgIpc) is 3.39. The lowest BCUT2D eigenvalue weighted by Crippen LogP contribution is -2.28. The largest absolute Gasteiger partial charge is 0.462 e. The Morgan fingerprint density at radius 2 is 0.589 bits per heavy atom. The van der Waals surface area contributed by atoms with Crippen molar-refractivity contribution in [2.45, 2.75) is 360 Å². The number of carbonyl (C=O) groups excluding carboxylic acids is 2. The number of rotatable bonds is 61. The van der Waals surface area contributed by atoms with Crippen LogP contribution in [0, 0.1) is 0 Å². The standard InChI is InChI=1S/C68H126O5/c1-3-5-7-9-11-13-15-17-19-21-23-25-27-29-31-33-34-35-37-39-41-43-45-47-49-51-53-55-57-59-61-63-68(71)73-66(64-69)65-72-67(70)62-60-58-56-54-52-50-48-46-44-42-40-38-36-32-30-28-26-24-22-20-18-16-14-12-10-8-6-4-2/h5,7,11,13,17,19,23,25,66,69H,3-4,6,8-10,12,14-16,18,20-22,24,26-65H2,1-2H3/b7-5-,13-11-,19-17-,25-23-. The molecule has 1 N–H and O–H groups in total. The van der Waals surface area contributed by atoms with E-state index in [0.717, 1.165) is 57.8 Å². The number of hydrogen-bond donors (Lipinski definition) is 1. The van der Waals surface area contributed by atoms with Crippen LogP contribution in [0.3, 0.4) is 0 Å². The zero-order chi connectivity index (χ0) is 52.7. The quantitative estimate of drug-likeness (QED) is 0.0373. The maximum atomic E-state index is 12.3. The minimum atomic E-state index is -0.770. The summed E-state index contributed by atoms with van der Waals surface area (Å²) < 4.78 is 10.8. The maximum Gasteiger partial charge on any atom is 0.306 e. The van der Waals surface area contributed by atoms with E-state index in [1.807, 2.05) is 0 Å². The van der Waals surface area contributed by atoms with E-state index < -0.39 is 6.10 Å². The van der Waals surface area contributed by atoms with Crippen molar-refractivity contribution in [3.8, 4) is 0 Å². The summed E-state index contributed by atoms with van der Waals surface area (Å²) in [5, 5.41) is 9.69. The van der Waals surface area contributed by atoms with Crippen LogP contribution in [0.25, 0.3) is 0 Å². The Hall–Kier alpha value is -2.14. The third-order valence-corrected chi connectivity index (χ3v) is 14.9. The summed E-state index contributed by atoms with van der Waals surface area (Å²) >= 11 is 0. The molecule has 0 fully saturated rings. The van der Waals surface area contributed by atoms with Gasteiger partial charge in [0.2, 0.25) is 0 Å². The van der Waals surface area contributed by atoms with Crippen LogP contribution in [-0.4, -0.2) is 36.4 Å². The molecule has 0 aromatic rings. The lowest BCUT2D eigenvalue weighted by Gasteiger charge is -2.15. The van der Waals surface area contributed by atoms with Crippen molar-refractivity contribution in [3.63, 3.8) is 0 Å². The summed E-state index contributed by atoms with van der Waals surface area (Å²) in [6.45, 7) is 4.09. The second-order valence-corrected chi connectivity index (χ2v) is 22.2. The van der Waals surface area contributed by atoms with E-state index in [4.69, 9.17) is 9.47 Å². The van der Waals surface area contributed by atoms with Crippen LogP contribution in [0.5, 0.6) is 0 Å². The van der Waals surface area contributed by atoms with Crippen molar-refractivity contribution in [3.05, 3.63) is 48.6 Å². The Balaban J connectivity index is 3.40. The summed E-state index contributed by atoms with van der Waals surface area (Å²) in [5.41, 5.74) is 0. The minimum absolute atomic E-state index is 0.0599. The minimum Gasteiger partial charge on any atom is -0.462 e. The molecule has 0 saturated carbocycles. The highest BCUT2D eigenvalue weighted by atomic mass is 16.6. The SMILES string of the molecule is CC/C=C\C/C=C\C/C=C\C/C=C\CCCCCCCCCCCCCCCCCCCCC(=O)OC(CO)COC(=O)CCCCCCCCCCCCCCCCCCCCCCCCCCCCCC. The smallest absolute Gasteiger partial charge is 0.306 e. The summed E-state index contributed by atoms with van der Waals surface area (Å²) in [6, 6.07) is 0. The number of esters is 2. The molecule has 73 heavy (non-hydrogen) atoms. The van der Waals surface area contributed by atoms with E-state index in [1.165, 1.54) is 270 Å². The molecule has 0 spiro atoms. The summed E-state index contributed by atoms with van der Waals surface area (Å²) in [4.78, 5) is 24.6. The lowest BCUT2D eigenvalue weighted by molar-refractivity contribution is -0.161. The zero-order valence-electron chi connectivity index (χ0n) is 49.2. The van der Waals surface area contributed by atoms with Gasteiger partial charge in [-0.1, -0.05) is 339 Å². The van der Waals surface area contributed by atoms with Gasteiger partial charge in [-0.25, -0.2) is 0 Å². The summed E-state index contributed by atoms with van der Waals surface area (Å²) in [7, 11) is 0. The Labute approximate surface area is 456 Å². The summed E-state index contributed by atoms with van der Waals surface area (Å²) in [6.07, 6.45) is 85.6. The van der Waals surface area contributed by atoms with Gasteiger partial charge in [0.15, 0.2) is 6.10 Å². The topological polar surface area (TPSA) is 72.8 Å². The lowest BCUT2D eigenvalue weighted by atomic mass is 10.0. The normalized spacial score (nSPS) is 12.4. The van der Waals surface area contributed by atoms with E-state index in [9.17, 15) is 14.7 Å². The monoisotopic (exact) mass is 1020 g/mol. The second kappa shape index (κ2) is 64.1. The van der Waals surface area contributed by atoms with Crippen LogP contribution >= 0.6 is 0 Å². The molecule has 0 aromatic heterocycles. The van der Waals surface area contributed by atoms with Gasteiger partial charge in [0.25, 0.3) is 0 Å². The first-order valence-corrected chi connectivity index (χ1v) is 32.7. The Morgan fingerprint density at radius 1 is 0.329 bits per heavy atom. The molecule has 0 radical (unpaired) electrons. The van der Waals surface area contributed by atoms with Crippen LogP contribution < -0.4 is 0 Å². The number of aliphatic hydroxyl groups excluding tert-OH is 1. The molecule has 0 amide bonds. The highest BCUT2D eigenvalue weighted by Crippen LogP contribution is 2.19. The molecule has 0 saturated heterocycles. The number of allylic oxidation sites excluding steroid dienone is 8. The van der Waals surface area contributed by atoms with Crippen LogP contribution in [0.1, 0.15) is 354 Å². The number of aliphatic hydroxyl groups is 1. The van der Waals surface area contributed by atoms with E-state index in [-0.39, 0.29) is 25.2 Å². The molecule has 428 valence electrons. The molecule has 5 heteroatoms. The molecule has 0 aliphatic carbocycles. The first kappa shape index (κ1) is 70.9. The van der Waals surface area contributed by atoms with Crippen molar-refractivity contribution in [2.75, 3.05) is 13.2 Å². The van der Waals surface area contributed by atoms with Gasteiger partial charge >= 0.3 is 11.9 Å². The average molecular weight is 1020 g/mol. The highest BCUT2D eigenvalue weighted by Gasteiger charge is 2.16. The molecular weight excluding hydrogens is 897 g/mol. The third-order valence-electron chi connectivity index (χ3n) is 14.9. The molecule has 0 aliphatic rings. The van der Waals surface area contributed by atoms with Crippen LogP contribution in [0.4, 0.5) is 0 Å². The fourth-order valence-electron chi connectivity index (χ4n) is 10.0. The van der Waals surface area contributed by atoms with E-state index in [2.05, 4.69) is 62.5 Å². The molecule has 1 unspecified atom stereocenters. The van der Waals surface area contributed by atoms with E-state index in [1.54, 1.807) is 0 Å². The molecule has 0 bridgehead atoms. The van der Waals surface area contributed by atoms with Gasteiger partial charge in [-0.05, 0) is 51.4 Å². The number of ether oxygens (including phenoxy) is 2. The predicted octanol–water partition coefficient (Wildman–Crippen LogP) is 22.4. The van der Waals surface area contributed by atoms with Crippen LogP contribution in [-0.2, 0) is 19.1 Å². The van der Waals surface area contributed by atoms with Gasteiger partial charge in [0, 0.05) is 12.8 Å². The van der Waals surface area contributed by atoms with Crippen molar-refractivity contribution < 1.29 is 24.2 Å². The molecule has 1 atom stereocenters. The van der Waals surface area contributed by atoms with Gasteiger partial charge in [0.05, 0.1) is 6.61 Å². The number of hydrogen-bond acceptors (Lipinski definition) is 5. The first-order valence-electron chi connectivity index (χ1n) is 32.7. The van der Waals surface area contributed by atoms with Crippen molar-refractivity contribution in [1.82, 2.24) is 0 Å². The van der Waals surface area contributed by atoms with Gasteiger partial charge < -0.3 is 14.6 Å². The van der Waals surface area contributed by atoms with Crippen LogP contribution in [0.2, 0.25) is 0 Å². The second-order valence-electron chi connectivity index (χ2n) is 22.2. The van der Waals surface area contributed by atoms with Gasteiger partial charge in [0.1, 0.15) is 6.61 Å². The van der Waals surface area contributed by atoms with E-state index in [0.29, 0.717) is 12.8 Å². The van der Waals surface area contributed by atoms with Crippen molar-refractivity contribution >= 4 is 11.9 Å². The van der Waals surface area contributed by atoms with Gasteiger partial charge in [-0.3, -0.25) is 9.59 Å².